The van der Waals surface area contributed by atoms with Crippen molar-refractivity contribution in [1.82, 2.24) is 15.5 Å². The number of hydrogen-bond acceptors (Lipinski definition) is 3. The highest BCUT2D eigenvalue weighted by Gasteiger charge is 2.17. The van der Waals surface area contributed by atoms with Crippen molar-refractivity contribution in [2.75, 3.05) is 26.7 Å². The molecule has 1 aromatic rings. The minimum absolute atomic E-state index is 0. The average molecular weight is 496 g/mol. The Kier molecular flexibility index (Phi) is 11.6. The Balaban J connectivity index is 0.00000364. The molecule has 1 saturated heterocycles. The molecule has 0 radical (unpaired) electrons. The van der Waals surface area contributed by atoms with E-state index >= 15 is 0 Å². The molecule has 27 heavy (non-hydrogen) atoms. The fourth-order valence-corrected chi connectivity index (χ4v) is 3.22. The first-order valence-corrected chi connectivity index (χ1v) is 9.31. The molecule has 1 aliphatic heterocycles. The van der Waals surface area contributed by atoms with E-state index in [0.717, 1.165) is 25.1 Å². The number of benzene rings is 1. The van der Waals surface area contributed by atoms with Gasteiger partial charge >= 0.3 is 6.61 Å². The summed E-state index contributed by atoms with van der Waals surface area (Å²) in [6, 6.07) is 7.36. The molecule has 1 aliphatic rings. The van der Waals surface area contributed by atoms with Crippen molar-refractivity contribution in [3.63, 3.8) is 0 Å². The van der Waals surface area contributed by atoms with Gasteiger partial charge in [0.2, 0.25) is 0 Å². The van der Waals surface area contributed by atoms with Crippen LogP contribution in [0, 0.1) is 0 Å². The molecule has 2 N–H and O–H groups in total. The van der Waals surface area contributed by atoms with Gasteiger partial charge in [-0.1, -0.05) is 18.6 Å². The molecule has 2 rings (SSSR count). The highest BCUT2D eigenvalue weighted by molar-refractivity contribution is 14.0. The van der Waals surface area contributed by atoms with Gasteiger partial charge in [0, 0.05) is 32.7 Å². The van der Waals surface area contributed by atoms with Gasteiger partial charge in [-0.05, 0) is 50.4 Å². The van der Waals surface area contributed by atoms with E-state index in [0.29, 0.717) is 18.5 Å². The van der Waals surface area contributed by atoms with E-state index in [1.54, 1.807) is 19.2 Å². The summed E-state index contributed by atoms with van der Waals surface area (Å²) in [5.41, 5.74) is 0.855. The number of ether oxygens (including phenoxy) is 1. The lowest BCUT2D eigenvalue weighted by Crippen LogP contribution is -2.41. The summed E-state index contributed by atoms with van der Waals surface area (Å²) in [6.07, 6.45) is 5.00. The van der Waals surface area contributed by atoms with Gasteiger partial charge in [-0.3, -0.25) is 4.99 Å². The van der Waals surface area contributed by atoms with Crippen LogP contribution in [-0.4, -0.2) is 50.2 Å². The average Bonchev–Trinajstić information content (AvgIpc) is 2.62. The van der Waals surface area contributed by atoms with Crippen LogP contribution in [0.5, 0.6) is 5.75 Å². The van der Waals surface area contributed by atoms with Crippen LogP contribution in [0.2, 0.25) is 0 Å². The molecule has 0 aliphatic carbocycles. The second-order valence-corrected chi connectivity index (χ2v) is 6.61. The van der Waals surface area contributed by atoms with Crippen LogP contribution >= 0.6 is 24.0 Å². The minimum atomic E-state index is -2.81. The highest BCUT2D eigenvalue weighted by atomic mass is 127. The molecule has 1 atom stereocenters. The van der Waals surface area contributed by atoms with Crippen molar-refractivity contribution in [3.8, 4) is 5.75 Å². The Morgan fingerprint density at radius 2 is 2.15 bits per heavy atom. The molecule has 5 nitrogen and oxygen atoms in total. The number of rotatable bonds is 8. The van der Waals surface area contributed by atoms with Crippen LogP contribution < -0.4 is 15.4 Å². The summed E-state index contributed by atoms with van der Waals surface area (Å²) in [6.45, 7) is 3.12. The van der Waals surface area contributed by atoms with E-state index in [-0.39, 0.29) is 29.7 Å². The van der Waals surface area contributed by atoms with Crippen molar-refractivity contribution in [2.45, 2.75) is 51.8 Å². The summed E-state index contributed by atoms with van der Waals surface area (Å²) in [5.74, 6) is 0.870. The van der Waals surface area contributed by atoms with E-state index in [4.69, 9.17) is 0 Å². The number of aliphatic imine (C=N–C) groups is 1. The SMILES string of the molecule is CN=C(NCCCN1CCCCC1C)NCc1cccc(OC(F)F)c1.I. The van der Waals surface area contributed by atoms with Crippen molar-refractivity contribution < 1.29 is 13.5 Å². The predicted molar refractivity (Wildman–Crippen MR) is 116 cm³/mol. The van der Waals surface area contributed by atoms with Crippen molar-refractivity contribution in [3.05, 3.63) is 29.8 Å². The molecule has 1 heterocycles. The van der Waals surface area contributed by atoms with E-state index < -0.39 is 6.61 Å². The molecule has 0 aromatic heterocycles. The lowest BCUT2D eigenvalue weighted by Gasteiger charge is -2.33. The summed E-state index contributed by atoms with van der Waals surface area (Å²) in [4.78, 5) is 6.75. The molecular formula is C19H31F2IN4O. The topological polar surface area (TPSA) is 48.9 Å². The van der Waals surface area contributed by atoms with Gasteiger partial charge in [-0.2, -0.15) is 8.78 Å². The lowest BCUT2D eigenvalue weighted by molar-refractivity contribution is -0.0498. The third-order valence-corrected chi connectivity index (χ3v) is 4.66. The number of nitrogens with one attached hydrogen (secondary N) is 2. The molecule has 1 fully saturated rings. The zero-order valence-corrected chi connectivity index (χ0v) is 18.4. The fourth-order valence-electron chi connectivity index (χ4n) is 3.22. The molecule has 1 unspecified atom stereocenters. The Morgan fingerprint density at radius 1 is 1.33 bits per heavy atom. The van der Waals surface area contributed by atoms with Gasteiger partial charge < -0.3 is 20.3 Å². The second kappa shape index (κ2) is 13.1. The lowest BCUT2D eigenvalue weighted by atomic mass is 10.0. The molecular weight excluding hydrogens is 465 g/mol. The van der Waals surface area contributed by atoms with E-state index in [2.05, 4.69) is 32.2 Å². The quantitative estimate of drug-likeness (QED) is 0.249. The Bertz CT molecular complexity index is 574. The maximum atomic E-state index is 12.3. The van der Waals surface area contributed by atoms with Crippen LogP contribution in [0.15, 0.2) is 29.3 Å². The smallest absolute Gasteiger partial charge is 0.387 e. The normalized spacial score (nSPS) is 18.1. The molecule has 0 spiro atoms. The fraction of sp³-hybridized carbons (Fsp3) is 0.632. The maximum Gasteiger partial charge on any atom is 0.387 e. The number of nitrogens with zero attached hydrogens (tertiary/aromatic N) is 2. The summed E-state index contributed by atoms with van der Waals surface area (Å²) in [5, 5.41) is 6.50. The number of guanidine groups is 1. The predicted octanol–water partition coefficient (Wildman–Crippen LogP) is 3.84. The van der Waals surface area contributed by atoms with Gasteiger partial charge in [-0.15, -0.1) is 24.0 Å². The van der Waals surface area contributed by atoms with E-state index in [1.807, 2.05) is 6.07 Å². The van der Waals surface area contributed by atoms with Crippen LogP contribution in [0.4, 0.5) is 8.78 Å². The molecule has 154 valence electrons. The van der Waals surface area contributed by atoms with Crippen LogP contribution in [0.3, 0.4) is 0 Å². The van der Waals surface area contributed by atoms with Gasteiger partial charge in [0.25, 0.3) is 0 Å². The van der Waals surface area contributed by atoms with Gasteiger partial charge in [-0.25, -0.2) is 0 Å². The van der Waals surface area contributed by atoms with Crippen LogP contribution in [-0.2, 0) is 6.54 Å². The van der Waals surface area contributed by atoms with E-state index in [9.17, 15) is 8.78 Å². The summed E-state index contributed by atoms with van der Waals surface area (Å²) < 4.78 is 29.0. The van der Waals surface area contributed by atoms with Gasteiger partial charge in [0.05, 0.1) is 0 Å². The van der Waals surface area contributed by atoms with Gasteiger partial charge in [0.1, 0.15) is 5.75 Å². The molecule has 8 heteroatoms. The number of halogens is 3. The summed E-state index contributed by atoms with van der Waals surface area (Å²) >= 11 is 0. The third-order valence-electron chi connectivity index (χ3n) is 4.66. The number of likely N-dealkylation sites (tertiary alicyclic amines) is 1. The van der Waals surface area contributed by atoms with Gasteiger partial charge in [0.15, 0.2) is 5.96 Å². The number of piperidine rings is 1. The van der Waals surface area contributed by atoms with Crippen molar-refractivity contribution in [1.29, 1.82) is 0 Å². The minimum Gasteiger partial charge on any atom is -0.435 e. The van der Waals surface area contributed by atoms with Crippen LogP contribution in [0.25, 0.3) is 0 Å². The molecule has 0 bridgehead atoms. The second-order valence-electron chi connectivity index (χ2n) is 6.61. The highest BCUT2D eigenvalue weighted by Crippen LogP contribution is 2.16. The Labute approximate surface area is 178 Å². The number of alkyl halides is 2. The van der Waals surface area contributed by atoms with Crippen LogP contribution in [0.1, 0.15) is 38.2 Å². The third kappa shape index (κ3) is 9.05. The molecule has 0 amide bonds. The first-order chi connectivity index (χ1) is 12.6. The standard InChI is InChI=1S/C19H30F2N4O.HI/c1-15-7-3-4-11-25(15)12-6-10-23-19(22-2)24-14-16-8-5-9-17(13-16)26-18(20)21;/h5,8-9,13,15,18H,3-4,6-7,10-12,14H2,1-2H3,(H2,22,23,24);1H. The monoisotopic (exact) mass is 496 g/mol. The maximum absolute atomic E-state index is 12.3. The Hall–Kier alpha value is -1.16. The number of hydrogen-bond donors (Lipinski definition) is 2. The van der Waals surface area contributed by atoms with Crippen molar-refractivity contribution in [2.24, 2.45) is 4.99 Å². The van der Waals surface area contributed by atoms with Crippen molar-refractivity contribution >= 4 is 29.9 Å². The summed E-state index contributed by atoms with van der Waals surface area (Å²) in [7, 11) is 1.72. The van der Waals surface area contributed by atoms with E-state index in [1.165, 1.54) is 31.9 Å². The zero-order valence-electron chi connectivity index (χ0n) is 16.1. The Morgan fingerprint density at radius 3 is 2.85 bits per heavy atom. The first kappa shape index (κ1) is 23.9. The molecule has 1 aromatic carbocycles. The largest absolute Gasteiger partial charge is 0.435 e. The first-order valence-electron chi connectivity index (χ1n) is 9.31. The zero-order chi connectivity index (χ0) is 18.8. The molecule has 0 saturated carbocycles.